The van der Waals surface area contributed by atoms with Crippen LogP contribution in [-0.4, -0.2) is 45.7 Å². The van der Waals surface area contributed by atoms with Gasteiger partial charge in [0.05, 0.1) is 27.2 Å². The minimum atomic E-state index is -0.313. The van der Waals surface area contributed by atoms with Crippen LogP contribution in [0.2, 0.25) is 10.0 Å². The number of rotatable bonds is 4. The van der Waals surface area contributed by atoms with Gasteiger partial charge in [0.2, 0.25) is 11.8 Å². The number of amides is 2. The van der Waals surface area contributed by atoms with E-state index in [4.69, 9.17) is 35.8 Å². The van der Waals surface area contributed by atoms with Gasteiger partial charge in [-0.05, 0) is 55.1 Å². The lowest BCUT2D eigenvalue weighted by molar-refractivity contribution is -0.137. The first kappa shape index (κ1) is 23.1. The van der Waals surface area contributed by atoms with E-state index in [1.54, 1.807) is 12.3 Å². The van der Waals surface area contributed by atoms with Gasteiger partial charge in [0, 0.05) is 31.6 Å². The lowest BCUT2D eigenvalue weighted by Gasteiger charge is -2.32. The van der Waals surface area contributed by atoms with E-state index in [-0.39, 0.29) is 23.2 Å². The van der Waals surface area contributed by atoms with Crippen LogP contribution in [0, 0.1) is 0 Å². The molecule has 0 aliphatic carbocycles. The van der Waals surface area contributed by atoms with Crippen molar-refractivity contribution in [2.75, 3.05) is 13.1 Å². The Kier molecular flexibility index (Phi) is 6.69. The van der Waals surface area contributed by atoms with Crippen molar-refractivity contribution >= 4 is 47.6 Å². The van der Waals surface area contributed by atoms with Crippen LogP contribution in [-0.2, 0) is 22.7 Å². The molecule has 0 bridgehead atoms. The van der Waals surface area contributed by atoms with Crippen LogP contribution >= 0.6 is 35.8 Å². The predicted molar refractivity (Wildman–Crippen MR) is 131 cm³/mol. The third kappa shape index (κ3) is 4.66. The van der Waals surface area contributed by atoms with Crippen LogP contribution in [0.3, 0.4) is 0 Å². The molecule has 0 spiro atoms. The lowest BCUT2D eigenvalue weighted by atomic mass is 9.92. The van der Waals surface area contributed by atoms with Gasteiger partial charge in [-0.2, -0.15) is 12.6 Å². The number of benzene rings is 1. The summed E-state index contributed by atoms with van der Waals surface area (Å²) in [6, 6.07) is 7.97. The maximum absolute atomic E-state index is 12.4. The van der Waals surface area contributed by atoms with E-state index in [2.05, 4.69) is 38.3 Å². The van der Waals surface area contributed by atoms with Gasteiger partial charge in [0.1, 0.15) is 0 Å². The molecule has 0 radical (unpaired) electrons. The van der Waals surface area contributed by atoms with E-state index in [1.807, 2.05) is 0 Å². The van der Waals surface area contributed by atoms with E-state index in [0.29, 0.717) is 35.3 Å². The van der Waals surface area contributed by atoms with Crippen molar-refractivity contribution in [2.24, 2.45) is 0 Å². The molecule has 3 aliphatic rings. The van der Waals surface area contributed by atoms with Crippen LogP contribution in [0.4, 0.5) is 0 Å². The number of carbonyl (C=O) groups excluding carboxylic acids is 2. The van der Waals surface area contributed by atoms with Gasteiger partial charge in [-0.25, -0.2) is 0 Å². The highest BCUT2D eigenvalue weighted by molar-refractivity contribution is 7.80. The van der Waals surface area contributed by atoms with Crippen molar-refractivity contribution in [1.29, 1.82) is 0 Å². The van der Waals surface area contributed by atoms with Gasteiger partial charge < -0.3 is 0 Å². The van der Waals surface area contributed by atoms with Gasteiger partial charge in [-0.3, -0.25) is 29.7 Å². The topological polar surface area (TPSA) is 65.5 Å². The Balaban J connectivity index is 1.22. The fourth-order valence-corrected chi connectivity index (χ4v) is 6.11. The number of halogens is 2. The Labute approximate surface area is 209 Å². The van der Waals surface area contributed by atoms with E-state index in [9.17, 15) is 9.59 Å². The predicted octanol–water partition coefficient (Wildman–Crippen LogP) is 4.32. The summed E-state index contributed by atoms with van der Waals surface area (Å²) in [6.07, 6.45) is 4.64. The van der Waals surface area contributed by atoms with Crippen LogP contribution < -0.4 is 5.32 Å². The molecule has 4 heterocycles. The lowest BCUT2D eigenvalue weighted by Crippen LogP contribution is -2.51. The third-order valence-electron chi connectivity index (χ3n) is 7.02. The average Bonchev–Trinajstić information content (AvgIpc) is 3.12. The summed E-state index contributed by atoms with van der Waals surface area (Å²) in [5, 5.41) is 3.46. The van der Waals surface area contributed by atoms with Gasteiger partial charge >= 0.3 is 0 Å². The minimum absolute atomic E-state index is 0.148. The molecule has 1 N–H and O–H groups in total. The van der Waals surface area contributed by atoms with Gasteiger partial charge in [0.25, 0.3) is 0 Å². The Morgan fingerprint density at radius 3 is 2.67 bits per heavy atom. The van der Waals surface area contributed by atoms with Crippen LogP contribution in [0.15, 0.2) is 30.5 Å². The highest BCUT2D eigenvalue weighted by atomic mass is 35.5. The summed E-state index contributed by atoms with van der Waals surface area (Å²) in [7, 11) is 0. The van der Waals surface area contributed by atoms with Crippen LogP contribution in [0.5, 0.6) is 0 Å². The summed E-state index contributed by atoms with van der Waals surface area (Å²) in [5.74, 6) is -0.0741. The zero-order chi connectivity index (χ0) is 23.1. The number of thiol groups is 1. The smallest absolute Gasteiger partial charge is 0.243 e. The first-order valence-corrected chi connectivity index (χ1v) is 12.6. The molecule has 2 aromatic rings. The number of hydrogen-bond acceptors (Lipinski definition) is 6. The van der Waals surface area contributed by atoms with E-state index in [1.165, 1.54) is 11.1 Å². The molecule has 2 amide bonds. The summed E-state index contributed by atoms with van der Waals surface area (Å²) in [4.78, 5) is 32.9. The molecule has 2 unspecified atom stereocenters. The van der Waals surface area contributed by atoms with Gasteiger partial charge in [-0.15, -0.1) is 0 Å². The Morgan fingerprint density at radius 1 is 1.12 bits per heavy atom. The molecule has 1 aromatic heterocycles. The third-order valence-corrected chi connectivity index (χ3v) is 8.40. The average molecular weight is 505 g/mol. The SMILES string of the molecule is O=C1CCC(N2Cc3ccc(CN4CCC(c5nccc(Cl)c5Cl)CC4)cc3C2S)C(=O)N1. The number of fused-ring (bicyclic) bond motifs is 1. The Morgan fingerprint density at radius 2 is 1.91 bits per heavy atom. The van der Waals surface area contributed by atoms with E-state index < -0.39 is 0 Å². The maximum atomic E-state index is 12.4. The van der Waals surface area contributed by atoms with Crippen molar-refractivity contribution < 1.29 is 9.59 Å². The molecule has 1 aromatic carbocycles. The monoisotopic (exact) mass is 504 g/mol. The summed E-state index contributed by atoms with van der Waals surface area (Å²) >= 11 is 17.4. The molecule has 6 nitrogen and oxygen atoms in total. The zero-order valence-electron chi connectivity index (χ0n) is 18.1. The fraction of sp³-hybridized carbons (Fsp3) is 0.458. The summed E-state index contributed by atoms with van der Waals surface area (Å²) in [6.45, 7) is 3.49. The summed E-state index contributed by atoms with van der Waals surface area (Å²) < 4.78 is 0. The second-order valence-corrected chi connectivity index (χ2v) is 10.4. The first-order chi connectivity index (χ1) is 15.9. The molecule has 5 rings (SSSR count). The van der Waals surface area contributed by atoms with Crippen LogP contribution in [0.25, 0.3) is 0 Å². The number of aromatic nitrogens is 1. The molecule has 2 fully saturated rings. The number of nitrogens with zero attached hydrogens (tertiary/aromatic N) is 3. The number of piperidine rings is 2. The normalized spacial score (nSPS) is 24.7. The number of imide groups is 1. The Hall–Kier alpha value is -1.64. The molecule has 174 valence electrons. The van der Waals surface area contributed by atoms with Gasteiger partial charge in [0.15, 0.2) is 0 Å². The van der Waals surface area contributed by atoms with Crippen molar-refractivity contribution in [2.45, 2.75) is 56.1 Å². The molecule has 2 atom stereocenters. The molecule has 33 heavy (non-hydrogen) atoms. The van der Waals surface area contributed by atoms with Crippen molar-refractivity contribution in [1.82, 2.24) is 20.1 Å². The van der Waals surface area contributed by atoms with Crippen molar-refractivity contribution in [3.8, 4) is 0 Å². The quantitative estimate of drug-likeness (QED) is 0.479. The fourth-order valence-electron chi connectivity index (χ4n) is 5.21. The molecule has 9 heteroatoms. The molecule has 3 aliphatic heterocycles. The molecular formula is C24H26Cl2N4O2S. The van der Waals surface area contributed by atoms with E-state index >= 15 is 0 Å². The first-order valence-electron chi connectivity index (χ1n) is 11.3. The number of pyridine rings is 1. The standard InChI is InChI=1S/C24H26Cl2N4O2S/c25-18-5-8-27-22(21(18)26)15-6-9-29(10-7-15)12-14-1-2-16-13-30(24(33)17(16)11-14)19-3-4-20(31)28-23(19)32/h1-2,5,8,11,15,19,24,33H,3-4,6-7,9-10,12-13H2,(H,28,31,32). The largest absolute Gasteiger partial charge is 0.299 e. The number of hydrogen-bond donors (Lipinski definition) is 2. The molecular weight excluding hydrogens is 479 g/mol. The second kappa shape index (κ2) is 9.55. The highest BCUT2D eigenvalue weighted by Gasteiger charge is 2.39. The minimum Gasteiger partial charge on any atom is -0.299 e. The zero-order valence-corrected chi connectivity index (χ0v) is 20.5. The van der Waals surface area contributed by atoms with E-state index in [0.717, 1.165) is 43.7 Å². The second-order valence-electron chi connectivity index (χ2n) is 9.09. The van der Waals surface area contributed by atoms with Gasteiger partial charge in [-0.1, -0.05) is 41.4 Å². The maximum Gasteiger partial charge on any atom is 0.243 e. The number of nitrogens with one attached hydrogen (secondary N) is 1. The number of carbonyl (C=O) groups is 2. The molecule has 0 saturated carbocycles. The van der Waals surface area contributed by atoms with Crippen LogP contribution in [0.1, 0.15) is 59.4 Å². The van der Waals surface area contributed by atoms with Crippen molar-refractivity contribution in [3.05, 3.63) is 62.9 Å². The number of likely N-dealkylation sites (tertiary alicyclic amines) is 1. The summed E-state index contributed by atoms with van der Waals surface area (Å²) in [5.41, 5.74) is 4.51. The van der Waals surface area contributed by atoms with Crippen molar-refractivity contribution in [3.63, 3.8) is 0 Å². The Bertz CT molecular complexity index is 1090. The highest BCUT2D eigenvalue weighted by Crippen LogP contribution is 2.40. The molecule has 2 saturated heterocycles.